The summed E-state index contributed by atoms with van der Waals surface area (Å²) in [5.74, 6) is 0.842. The van der Waals surface area contributed by atoms with Gasteiger partial charge in [0, 0.05) is 12.1 Å². The number of quaternary nitrogens is 1. The zero-order chi connectivity index (χ0) is 20.4. The van der Waals surface area contributed by atoms with E-state index >= 15 is 0 Å². The van der Waals surface area contributed by atoms with Gasteiger partial charge in [-0.2, -0.15) is 12.3 Å². The summed E-state index contributed by atoms with van der Waals surface area (Å²) in [6.45, 7) is 2.06. The van der Waals surface area contributed by atoms with Crippen molar-refractivity contribution in [1.29, 1.82) is 0 Å². The Balaban J connectivity index is 2.03. The summed E-state index contributed by atoms with van der Waals surface area (Å²) in [5, 5.41) is 0.784. The lowest BCUT2D eigenvalue weighted by molar-refractivity contribution is 0.477. The molecule has 3 rings (SSSR count). The van der Waals surface area contributed by atoms with Crippen LogP contribution in [0.1, 0.15) is 6.92 Å². The molecule has 1 aliphatic rings. The second-order valence-electron chi connectivity index (χ2n) is 6.23. The van der Waals surface area contributed by atoms with Gasteiger partial charge in [0.1, 0.15) is 18.0 Å². The van der Waals surface area contributed by atoms with Crippen molar-refractivity contribution >= 4 is 38.9 Å². The van der Waals surface area contributed by atoms with Gasteiger partial charge in [0.15, 0.2) is 11.4 Å². The molecule has 0 radical (unpaired) electrons. The van der Waals surface area contributed by atoms with E-state index in [9.17, 15) is 8.42 Å². The van der Waals surface area contributed by atoms with Crippen LogP contribution in [0.15, 0.2) is 66.4 Å². The van der Waals surface area contributed by atoms with Crippen molar-refractivity contribution in [3.05, 3.63) is 76.4 Å². The number of para-hydroxylation sites is 1. The zero-order valence-corrected chi connectivity index (χ0v) is 17.6. The second kappa shape index (κ2) is 8.27. The van der Waals surface area contributed by atoms with E-state index in [1.807, 2.05) is 12.2 Å². The van der Waals surface area contributed by atoms with Crippen molar-refractivity contribution in [2.45, 2.75) is 6.92 Å². The van der Waals surface area contributed by atoms with E-state index in [0.29, 0.717) is 32.9 Å². The molecule has 2 aromatic carbocycles. The molecule has 0 aromatic heterocycles. The molecule has 1 aliphatic heterocycles. The van der Waals surface area contributed by atoms with E-state index in [-0.39, 0.29) is 22.7 Å². The molecule has 8 heteroatoms. The summed E-state index contributed by atoms with van der Waals surface area (Å²) in [5.41, 5.74) is 7.11. The lowest BCUT2D eigenvalue weighted by Gasteiger charge is -2.37. The number of ether oxygens (including phenoxy) is 1. The van der Waals surface area contributed by atoms with Crippen LogP contribution in [0.3, 0.4) is 0 Å². The Morgan fingerprint density at radius 3 is 2.32 bits per heavy atom. The van der Waals surface area contributed by atoms with Crippen LogP contribution in [0.2, 0.25) is 10.0 Å². The third kappa shape index (κ3) is 3.58. The Labute approximate surface area is 175 Å². The summed E-state index contributed by atoms with van der Waals surface area (Å²) >= 11 is 12.3. The van der Waals surface area contributed by atoms with Gasteiger partial charge in [-0.25, -0.2) is 0 Å². The first-order chi connectivity index (χ1) is 13.4. The monoisotopic (exact) mass is 439 g/mol. The van der Waals surface area contributed by atoms with Crippen LogP contribution in [0.25, 0.3) is 0 Å². The number of hydrogen-bond donors (Lipinski definition) is 1. The van der Waals surface area contributed by atoms with Crippen molar-refractivity contribution in [1.82, 2.24) is 3.89 Å². The maximum absolute atomic E-state index is 13.1. The Kier molecular flexibility index (Phi) is 6.17. The number of benzene rings is 2. The van der Waals surface area contributed by atoms with Crippen LogP contribution in [-0.2, 0) is 10.0 Å². The van der Waals surface area contributed by atoms with Crippen LogP contribution in [-0.4, -0.2) is 27.3 Å². The molecule has 1 unspecified atom stereocenters. The largest absolute Gasteiger partial charge is 0.454 e. The second-order valence-corrected chi connectivity index (χ2v) is 9.41. The Bertz CT molecular complexity index is 1010. The molecule has 1 heterocycles. The molecule has 0 aliphatic carbocycles. The predicted octanol–water partition coefficient (Wildman–Crippen LogP) is 4.86. The van der Waals surface area contributed by atoms with E-state index in [0.717, 1.165) is 0 Å². The van der Waals surface area contributed by atoms with Gasteiger partial charge >= 0.3 is 10.0 Å². The fourth-order valence-electron chi connectivity index (χ4n) is 3.24. The Morgan fingerprint density at radius 1 is 1.11 bits per heavy atom. The van der Waals surface area contributed by atoms with Crippen LogP contribution < -0.4 is 14.4 Å². The van der Waals surface area contributed by atoms with Crippen molar-refractivity contribution < 1.29 is 13.2 Å². The topological polar surface area (TPSA) is 69.4 Å². The maximum Gasteiger partial charge on any atom is 0.306 e. The molecule has 5 nitrogen and oxygen atoms in total. The van der Waals surface area contributed by atoms with Crippen molar-refractivity contribution in [2.24, 2.45) is 5.73 Å². The molecule has 0 spiro atoms. The molecule has 1 atom stereocenters. The zero-order valence-electron chi connectivity index (χ0n) is 15.3. The van der Waals surface area contributed by atoms with E-state index < -0.39 is 10.0 Å². The number of rotatable bonds is 6. The highest BCUT2D eigenvalue weighted by Gasteiger charge is 2.46. The summed E-state index contributed by atoms with van der Waals surface area (Å²) in [6.07, 6.45) is 5.44. The SMILES string of the molecule is CCS(=O)(=O)[N+]1(c2ccc(Oc3c(Cl)cccc3Cl)cc2)CC=CC=C1CN. The summed E-state index contributed by atoms with van der Waals surface area (Å²) < 4.78 is 31.7. The molecular formula is C20H21Cl2N2O3S+. The summed E-state index contributed by atoms with van der Waals surface area (Å²) in [6, 6.07) is 12.0. The highest BCUT2D eigenvalue weighted by atomic mass is 35.5. The minimum Gasteiger partial charge on any atom is -0.454 e. The maximum atomic E-state index is 13.1. The summed E-state index contributed by atoms with van der Waals surface area (Å²) in [7, 11) is -3.53. The molecule has 148 valence electrons. The van der Waals surface area contributed by atoms with Gasteiger partial charge < -0.3 is 10.5 Å². The number of nitrogens with zero attached hydrogens (tertiary/aromatic N) is 1. The fourth-order valence-corrected chi connectivity index (χ4v) is 5.40. The molecular weight excluding hydrogens is 419 g/mol. The van der Waals surface area contributed by atoms with Gasteiger partial charge in [0.25, 0.3) is 0 Å². The third-order valence-corrected chi connectivity index (χ3v) is 7.56. The first-order valence-electron chi connectivity index (χ1n) is 8.75. The molecule has 2 N–H and O–H groups in total. The van der Waals surface area contributed by atoms with Gasteiger partial charge in [-0.05, 0) is 43.3 Å². The quantitative estimate of drug-likeness (QED) is 0.652. The average Bonchev–Trinajstić information content (AvgIpc) is 2.71. The van der Waals surface area contributed by atoms with E-state index in [4.69, 9.17) is 33.7 Å². The first-order valence-corrected chi connectivity index (χ1v) is 11.1. The number of allylic oxidation sites excluding steroid dienone is 2. The minimum atomic E-state index is -3.53. The van der Waals surface area contributed by atoms with Crippen molar-refractivity contribution in [2.75, 3.05) is 18.8 Å². The highest BCUT2D eigenvalue weighted by molar-refractivity contribution is 7.91. The van der Waals surface area contributed by atoms with Crippen molar-refractivity contribution in [3.63, 3.8) is 0 Å². The number of nitrogens with two attached hydrogens (primary N) is 1. The Morgan fingerprint density at radius 2 is 1.75 bits per heavy atom. The van der Waals surface area contributed by atoms with Crippen LogP contribution >= 0.6 is 23.2 Å². The number of hydrogen-bond acceptors (Lipinski definition) is 4. The lowest BCUT2D eigenvalue weighted by atomic mass is 10.2. The fraction of sp³-hybridized carbons (Fsp3) is 0.200. The van der Waals surface area contributed by atoms with E-state index in [1.165, 1.54) is 0 Å². The van der Waals surface area contributed by atoms with Gasteiger partial charge in [0.2, 0.25) is 0 Å². The third-order valence-electron chi connectivity index (χ3n) is 4.69. The highest BCUT2D eigenvalue weighted by Crippen LogP contribution is 2.39. The van der Waals surface area contributed by atoms with Gasteiger partial charge in [-0.3, -0.25) is 0 Å². The Hall–Kier alpha value is -1.83. The molecule has 0 bridgehead atoms. The average molecular weight is 440 g/mol. The molecule has 0 fully saturated rings. The van der Waals surface area contributed by atoms with Crippen molar-refractivity contribution in [3.8, 4) is 11.5 Å². The lowest BCUT2D eigenvalue weighted by Crippen LogP contribution is -2.56. The van der Waals surface area contributed by atoms with Crippen LogP contribution in [0, 0.1) is 0 Å². The minimum absolute atomic E-state index is 0.00827. The van der Waals surface area contributed by atoms with E-state index in [1.54, 1.807) is 55.5 Å². The first kappa shape index (κ1) is 20.9. The van der Waals surface area contributed by atoms with Gasteiger partial charge in [0.05, 0.1) is 22.3 Å². The van der Waals surface area contributed by atoms with Crippen LogP contribution in [0.5, 0.6) is 11.5 Å². The van der Waals surface area contributed by atoms with E-state index in [2.05, 4.69) is 0 Å². The predicted molar refractivity (Wildman–Crippen MR) is 115 cm³/mol. The van der Waals surface area contributed by atoms with Crippen LogP contribution in [0.4, 0.5) is 5.69 Å². The number of sulfonamides is 1. The molecule has 0 saturated heterocycles. The standard InChI is InChI=1S/C20H21Cl2N2O3S/c1-2-28(25,26)24(13-4-3-6-16(24)14-23)15-9-11-17(12-10-15)27-20-18(21)7-5-8-19(20)22/h3-12H,2,13-14,23H2,1H3/q+1. The molecule has 2 aromatic rings. The van der Waals surface area contributed by atoms with Gasteiger partial charge in [-0.15, -0.1) is 0 Å². The molecule has 28 heavy (non-hydrogen) atoms. The molecule has 0 saturated carbocycles. The summed E-state index contributed by atoms with van der Waals surface area (Å²) in [4.78, 5) is 0. The van der Waals surface area contributed by atoms with Gasteiger partial charge in [-0.1, -0.05) is 35.3 Å². The molecule has 0 amide bonds. The number of halogens is 2. The normalized spacial score (nSPS) is 19.4. The smallest absolute Gasteiger partial charge is 0.306 e.